The first kappa shape index (κ1) is 22.8. The monoisotopic (exact) mass is 490 g/mol. The van der Waals surface area contributed by atoms with Crippen molar-refractivity contribution in [3.63, 3.8) is 0 Å². The Bertz CT molecular complexity index is 1200. The van der Waals surface area contributed by atoms with Gasteiger partial charge in [0.2, 0.25) is 4.34 Å². The smallest absolute Gasteiger partial charge is 0.332 e. The summed E-state index contributed by atoms with van der Waals surface area (Å²) in [5.74, 6) is 0.946. The number of nitrogens with zero attached hydrogens (tertiary/aromatic N) is 1. The van der Waals surface area contributed by atoms with Crippen molar-refractivity contribution < 1.29 is 18.8 Å². The van der Waals surface area contributed by atoms with Crippen LogP contribution in [0.15, 0.2) is 16.5 Å². The number of anilines is 1. The molecule has 8 nitrogen and oxygen atoms in total. The van der Waals surface area contributed by atoms with E-state index in [4.69, 9.17) is 9.52 Å². The molecule has 2 fully saturated rings. The van der Waals surface area contributed by atoms with Gasteiger partial charge in [0.05, 0.1) is 18.9 Å². The summed E-state index contributed by atoms with van der Waals surface area (Å²) < 4.78 is 28.9. The Morgan fingerprint density at radius 1 is 1.33 bits per heavy atom. The average molecular weight is 491 g/mol. The quantitative estimate of drug-likeness (QED) is 0.483. The van der Waals surface area contributed by atoms with Crippen LogP contribution in [0.4, 0.5) is 10.5 Å². The fourth-order valence-electron chi connectivity index (χ4n) is 5.08. The van der Waals surface area contributed by atoms with Crippen molar-refractivity contribution in [2.75, 3.05) is 18.5 Å². The zero-order valence-electron chi connectivity index (χ0n) is 18.9. The minimum Gasteiger partial charge on any atom is -0.379 e. The van der Waals surface area contributed by atoms with Crippen LogP contribution in [0.2, 0.25) is 0 Å². The molecule has 5 rings (SSSR count). The van der Waals surface area contributed by atoms with Crippen molar-refractivity contribution in [2.24, 2.45) is 5.92 Å². The predicted octanol–water partition coefficient (Wildman–Crippen LogP) is 4.20. The molecule has 1 aromatic heterocycles. The summed E-state index contributed by atoms with van der Waals surface area (Å²) in [5.41, 5.74) is 3.49. The third kappa shape index (κ3) is 4.07. The Hall–Kier alpha value is -2.01. The summed E-state index contributed by atoms with van der Waals surface area (Å²) in [7, 11) is -3.69. The summed E-state index contributed by atoms with van der Waals surface area (Å²) in [4.78, 5) is 17.9. The molecule has 1 unspecified atom stereocenters. The lowest BCUT2D eigenvalue weighted by Gasteiger charge is -2.35. The lowest BCUT2D eigenvalue weighted by atomic mass is 9.73. The van der Waals surface area contributed by atoms with Crippen LogP contribution in [-0.2, 0) is 33.1 Å². The number of hydrogen-bond donors (Lipinski definition) is 4. The molecule has 2 aromatic rings. The molecule has 1 saturated heterocycles. The lowest BCUT2D eigenvalue weighted by Crippen LogP contribution is -2.47. The maximum absolute atomic E-state index is 13.1. The molecular formula is C23H30N4O4S2. The van der Waals surface area contributed by atoms with Gasteiger partial charge in [-0.05, 0) is 67.6 Å². The molecule has 1 aromatic carbocycles. The van der Waals surface area contributed by atoms with Gasteiger partial charge in [-0.25, -0.2) is 23.5 Å². The minimum absolute atomic E-state index is 0.0215. The zero-order valence-corrected chi connectivity index (χ0v) is 20.5. The maximum atomic E-state index is 13.1. The predicted molar refractivity (Wildman–Crippen MR) is 127 cm³/mol. The van der Waals surface area contributed by atoms with Gasteiger partial charge in [-0.3, -0.25) is 0 Å². The Morgan fingerprint density at radius 2 is 2.09 bits per heavy atom. The third-order valence-corrected chi connectivity index (χ3v) is 10.1. The number of benzene rings is 1. The number of carbonyl (C=O) groups is 1. The SMILES string of the molecule is Cc1sc(S(=N)(=O)NC(=O)Nc2c([C@H](C)C3CCC3)ccc3c2CCC3)nc1C1(O)COC1. The number of aliphatic hydroxyl groups is 1. The number of urea groups is 1. The number of fused-ring (bicyclic) bond motifs is 1. The summed E-state index contributed by atoms with van der Waals surface area (Å²) >= 11 is 1.06. The Balaban J connectivity index is 1.38. The molecule has 1 saturated carbocycles. The van der Waals surface area contributed by atoms with Crippen molar-refractivity contribution in [3.05, 3.63) is 39.4 Å². The number of aromatic nitrogens is 1. The van der Waals surface area contributed by atoms with Crippen molar-refractivity contribution in [1.29, 1.82) is 4.78 Å². The highest BCUT2D eigenvalue weighted by Gasteiger charge is 2.42. The van der Waals surface area contributed by atoms with Crippen LogP contribution in [0.25, 0.3) is 0 Å². The molecule has 3 aliphatic rings. The van der Waals surface area contributed by atoms with E-state index in [9.17, 15) is 14.1 Å². The van der Waals surface area contributed by atoms with Crippen LogP contribution < -0.4 is 10.0 Å². The first-order chi connectivity index (χ1) is 15.7. The number of aryl methyl sites for hydroxylation is 2. The molecule has 33 heavy (non-hydrogen) atoms. The molecular weight excluding hydrogens is 460 g/mol. The van der Waals surface area contributed by atoms with Crippen LogP contribution in [0.5, 0.6) is 0 Å². The molecule has 10 heteroatoms. The number of carbonyl (C=O) groups excluding carboxylic acids is 1. The number of hydrogen-bond acceptors (Lipinski definition) is 7. The van der Waals surface area contributed by atoms with Gasteiger partial charge < -0.3 is 15.2 Å². The normalized spacial score (nSPS) is 21.9. The molecule has 2 amide bonds. The third-order valence-electron chi connectivity index (χ3n) is 7.28. The van der Waals surface area contributed by atoms with E-state index in [0.29, 0.717) is 22.4 Å². The van der Waals surface area contributed by atoms with E-state index in [1.165, 1.54) is 24.8 Å². The van der Waals surface area contributed by atoms with Crippen molar-refractivity contribution in [1.82, 2.24) is 9.71 Å². The van der Waals surface area contributed by atoms with Crippen LogP contribution in [0.1, 0.15) is 65.8 Å². The van der Waals surface area contributed by atoms with Gasteiger partial charge in [0.15, 0.2) is 15.5 Å². The summed E-state index contributed by atoms with van der Waals surface area (Å²) in [6, 6.07) is 3.63. The van der Waals surface area contributed by atoms with Crippen molar-refractivity contribution in [3.8, 4) is 0 Å². The second-order valence-electron chi connectivity index (χ2n) is 9.52. The second kappa shape index (κ2) is 8.33. The number of ether oxygens (including phenoxy) is 1. The largest absolute Gasteiger partial charge is 0.379 e. The first-order valence-corrected chi connectivity index (χ1v) is 13.9. The van der Waals surface area contributed by atoms with Crippen molar-refractivity contribution >= 4 is 33.0 Å². The van der Waals surface area contributed by atoms with Crippen LogP contribution in [0, 0.1) is 17.6 Å². The highest BCUT2D eigenvalue weighted by Crippen LogP contribution is 2.44. The molecule has 0 spiro atoms. The number of amides is 2. The Labute approximate surface area is 198 Å². The fraction of sp³-hybridized carbons (Fsp3) is 0.565. The van der Waals surface area contributed by atoms with Gasteiger partial charge in [-0.1, -0.05) is 25.5 Å². The van der Waals surface area contributed by atoms with Crippen molar-refractivity contribution in [2.45, 2.75) is 68.2 Å². The highest BCUT2D eigenvalue weighted by molar-refractivity contribution is 7.93. The van der Waals surface area contributed by atoms with Crippen LogP contribution >= 0.6 is 11.3 Å². The van der Waals surface area contributed by atoms with E-state index >= 15 is 0 Å². The van der Waals surface area contributed by atoms with Crippen LogP contribution in [0.3, 0.4) is 0 Å². The van der Waals surface area contributed by atoms with Gasteiger partial charge in [0.25, 0.3) is 0 Å². The van der Waals surface area contributed by atoms with Gasteiger partial charge in [0.1, 0.15) is 0 Å². The summed E-state index contributed by atoms with van der Waals surface area (Å²) in [5, 5.41) is 13.5. The Morgan fingerprint density at radius 3 is 2.73 bits per heavy atom. The van der Waals surface area contributed by atoms with Gasteiger partial charge >= 0.3 is 6.03 Å². The topological polar surface area (TPSA) is 124 Å². The summed E-state index contributed by atoms with van der Waals surface area (Å²) in [6.45, 7) is 4.20. The second-order valence-corrected chi connectivity index (χ2v) is 12.7. The maximum Gasteiger partial charge on any atom is 0.332 e. The molecule has 1 aliphatic heterocycles. The first-order valence-electron chi connectivity index (χ1n) is 11.5. The number of thiazole rings is 1. The number of rotatable bonds is 6. The highest BCUT2D eigenvalue weighted by atomic mass is 32.2. The molecule has 4 N–H and O–H groups in total. The van der Waals surface area contributed by atoms with E-state index in [-0.39, 0.29) is 17.6 Å². The molecule has 178 valence electrons. The lowest BCUT2D eigenvalue weighted by molar-refractivity contribution is -0.187. The van der Waals surface area contributed by atoms with Crippen LogP contribution in [-0.4, -0.2) is 33.5 Å². The standard InChI is InChI=1S/C23H30N4O4S2/c1-13(15-5-3-6-15)17-10-9-16-7-4-8-18(16)19(17)25-21(28)27-33(24,30)22-26-20(14(2)32-22)23(29)11-31-12-23/h9-10,13,15,29H,3-8,11-12H2,1-2H3,(H3,24,25,27,28,30)/t13-,33?/m1/s1. The Kier molecular flexibility index (Phi) is 5.75. The van der Waals surface area contributed by atoms with E-state index in [2.05, 4.69) is 34.1 Å². The minimum atomic E-state index is -3.69. The van der Waals surface area contributed by atoms with E-state index in [1.54, 1.807) is 6.92 Å². The molecule has 2 aliphatic carbocycles. The molecule has 2 atom stereocenters. The fourth-order valence-corrected chi connectivity index (χ4v) is 7.40. The number of nitrogens with one attached hydrogen (secondary N) is 3. The van der Waals surface area contributed by atoms with E-state index < -0.39 is 21.5 Å². The van der Waals surface area contributed by atoms with Gasteiger partial charge in [-0.15, -0.1) is 11.3 Å². The molecule has 0 radical (unpaired) electrons. The molecule has 0 bridgehead atoms. The van der Waals surface area contributed by atoms with E-state index in [1.807, 2.05) is 0 Å². The zero-order chi connectivity index (χ0) is 23.4. The van der Waals surface area contributed by atoms with Gasteiger partial charge in [0, 0.05) is 10.6 Å². The average Bonchev–Trinajstić information content (AvgIpc) is 3.31. The van der Waals surface area contributed by atoms with Gasteiger partial charge in [-0.2, -0.15) is 0 Å². The van der Waals surface area contributed by atoms with E-state index in [0.717, 1.165) is 47.4 Å². The molecule has 2 heterocycles. The summed E-state index contributed by atoms with van der Waals surface area (Å²) in [6.07, 6.45) is 6.60.